The van der Waals surface area contributed by atoms with Gasteiger partial charge in [0.1, 0.15) is 11.4 Å². The molecule has 1 aliphatic heterocycles. The van der Waals surface area contributed by atoms with Crippen molar-refractivity contribution in [2.24, 2.45) is 0 Å². The molecule has 1 aromatic carbocycles. The zero-order valence-electron chi connectivity index (χ0n) is 16.3. The van der Waals surface area contributed by atoms with Crippen molar-refractivity contribution in [3.8, 4) is 0 Å². The molecule has 1 aliphatic carbocycles. The molecule has 28 heavy (non-hydrogen) atoms. The zero-order chi connectivity index (χ0) is 19.3. The molecule has 0 radical (unpaired) electrons. The smallest absolute Gasteiger partial charge is 0.341 e. The zero-order valence-corrected chi connectivity index (χ0v) is 16.3. The number of benzene rings is 1. The maximum atomic E-state index is 12.7. The Morgan fingerprint density at radius 1 is 1.32 bits per heavy atom. The lowest BCUT2D eigenvalue weighted by Crippen LogP contribution is -2.11. The van der Waals surface area contributed by atoms with Crippen LogP contribution >= 0.6 is 0 Å². The number of esters is 1. The second-order valence-corrected chi connectivity index (χ2v) is 7.50. The largest absolute Gasteiger partial charge is 0.462 e. The lowest BCUT2D eigenvalue weighted by Gasteiger charge is -2.14. The van der Waals surface area contributed by atoms with Crippen LogP contribution in [0.5, 0.6) is 0 Å². The number of rotatable bonds is 7. The van der Waals surface area contributed by atoms with Gasteiger partial charge in [-0.05, 0) is 78.8 Å². The van der Waals surface area contributed by atoms with Crippen LogP contribution in [0.4, 0.5) is 11.5 Å². The van der Waals surface area contributed by atoms with Crippen molar-refractivity contribution in [3.63, 3.8) is 0 Å². The number of nitrogens with zero attached hydrogens (tertiary/aromatic N) is 1. The van der Waals surface area contributed by atoms with Gasteiger partial charge in [0.25, 0.3) is 0 Å². The van der Waals surface area contributed by atoms with Gasteiger partial charge in [-0.25, -0.2) is 9.78 Å². The topological polar surface area (TPSA) is 63.2 Å². The van der Waals surface area contributed by atoms with Crippen LogP contribution in [0.1, 0.15) is 65.6 Å². The third-order valence-corrected chi connectivity index (χ3v) is 5.24. The predicted molar refractivity (Wildman–Crippen MR) is 112 cm³/mol. The minimum Gasteiger partial charge on any atom is -0.462 e. The Kier molecular flexibility index (Phi) is 5.60. The van der Waals surface area contributed by atoms with E-state index in [2.05, 4.69) is 40.8 Å². The van der Waals surface area contributed by atoms with Crippen molar-refractivity contribution in [3.05, 3.63) is 58.9 Å². The fourth-order valence-corrected chi connectivity index (χ4v) is 3.39. The monoisotopic (exact) mass is 377 g/mol. The minimum absolute atomic E-state index is 0.301. The number of nitrogens with one attached hydrogen (secondary N) is 2. The number of pyridine rings is 1. The molecule has 0 unspecified atom stereocenters. The highest BCUT2D eigenvalue weighted by Gasteiger charge is 2.26. The number of ether oxygens (including phenoxy) is 1. The Labute approximate surface area is 166 Å². The summed E-state index contributed by atoms with van der Waals surface area (Å²) in [5.41, 5.74) is 5.05. The molecular formula is C23H27N3O2. The minimum atomic E-state index is -0.301. The van der Waals surface area contributed by atoms with Gasteiger partial charge in [-0.3, -0.25) is 0 Å². The van der Waals surface area contributed by atoms with E-state index in [4.69, 9.17) is 4.74 Å². The standard InChI is InChI=1S/C23H27N3O2/c1-2-3-12-28-23(27)21-14-19(16-4-5-16)15-25-22(21)26-20-7-6-17-8-10-24-11-9-18(17)13-20/h6-7,9,11,13-16,24H,2-5,8,10,12H2,1H3,(H,25,26). The fraction of sp³-hybridized carbons (Fsp3) is 0.391. The number of hydrogen-bond acceptors (Lipinski definition) is 5. The summed E-state index contributed by atoms with van der Waals surface area (Å²) in [6.45, 7) is 3.46. The Balaban J connectivity index is 1.59. The van der Waals surface area contributed by atoms with E-state index in [9.17, 15) is 4.79 Å². The molecule has 0 atom stereocenters. The highest BCUT2D eigenvalue weighted by molar-refractivity contribution is 5.95. The summed E-state index contributed by atoms with van der Waals surface area (Å²) in [4.78, 5) is 17.3. The van der Waals surface area contributed by atoms with E-state index < -0.39 is 0 Å². The molecule has 4 rings (SSSR count). The molecule has 2 heterocycles. The second kappa shape index (κ2) is 8.46. The van der Waals surface area contributed by atoms with Gasteiger partial charge in [-0.15, -0.1) is 0 Å². The van der Waals surface area contributed by atoms with Gasteiger partial charge < -0.3 is 15.4 Å². The Bertz CT molecular complexity index is 887. The molecule has 2 aliphatic rings. The van der Waals surface area contributed by atoms with Gasteiger partial charge in [0.2, 0.25) is 0 Å². The van der Waals surface area contributed by atoms with Crippen LogP contribution in [0.15, 0.2) is 36.7 Å². The molecular weight excluding hydrogens is 350 g/mol. The molecule has 0 bridgehead atoms. The van der Waals surface area contributed by atoms with Crippen molar-refractivity contribution in [2.45, 2.75) is 44.9 Å². The number of anilines is 2. The Morgan fingerprint density at radius 3 is 3.04 bits per heavy atom. The van der Waals surface area contributed by atoms with Crippen LogP contribution in [0.3, 0.4) is 0 Å². The maximum absolute atomic E-state index is 12.7. The first-order valence-electron chi connectivity index (χ1n) is 10.2. The number of carbonyl (C=O) groups is 1. The summed E-state index contributed by atoms with van der Waals surface area (Å²) in [5.74, 6) is 0.792. The van der Waals surface area contributed by atoms with Crippen LogP contribution < -0.4 is 10.6 Å². The molecule has 146 valence electrons. The summed E-state index contributed by atoms with van der Waals surface area (Å²) in [7, 11) is 0. The summed E-state index contributed by atoms with van der Waals surface area (Å²) < 4.78 is 5.47. The molecule has 5 nitrogen and oxygen atoms in total. The molecule has 0 spiro atoms. The Morgan fingerprint density at radius 2 is 2.21 bits per heavy atom. The van der Waals surface area contributed by atoms with Gasteiger partial charge >= 0.3 is 5.97 Å². The predicted octanol–water partition coefficient (Wildman–Crippen LogP) is 4.78. The Hall–Kier alpha value is -2.82. The van der Waals surface area contributed by atoms with Gasteiger partial charge in [0.15, 0.2) is 0 Å². The first-order chi connectivity index (χ1) is 13.7. The lowest BCUT2D eigenvalue weighted by molar-refractivity contribution is 0.0500. The van der Waals surface area contributed by atoms with Crippen LogP contribution in [-0.4, -0.2) is 24.1 Å². The van der Waals surface area contributed by atoms with Gasteiger partial charge in [-0.1, -0.05) is 19.4 Å². The summed E-state index contributed by atoms with van der Waals surface area (Å²) in [6.07, 6.45) is 11.1. The van der Waals surface area contributed by atoms with E-state index in [1.165, 1.54) is 24.0 Å². The molecule has 1 fully saturated rings. The highest BCUT2D eigenvalue weighted by Crippen LogP contribution is 2.40. The quantitative estimate of drug-likeness (QED) is 0.537. The average Bonchev–Trinajstić information content (AvgIpc) is 3.55. The molecule has 2 aromatic rings. The van der Waals surface area contributed by atoms with E-state index in [1.807, 2.05) is 24.5 Å². The van der Waals surface area contributed by atoms with E-state index >= 15 is 0 Å². The van der Waals surface area contributed by atoms with Crippen LogP contribution in [0.25, 0.3) is 6.08 Å². The molecule has 5 heteroatoms. The molecule has 1 aromatic heterocycles. The third kappa shape index (κ3) is 4.35. The fourth-order valence-electron chi connectivity index (χ4n) is 3.39. The van der Waals surface area contributed by atoms with Crippen LogP contribution in [0, 0.1) is 0 Å². The second-order valence-electron chi connectivity index (χ2n) is 7.50. The van der Waals surface area contributed by atoms with E-state index in [0.29, 0.717) is 23.9 Å². The molecule has 2 N–H and O–H groups in total. The number of fused-ring (bicyclic) bond motifs is 1. The normalized spacial score (nSPS) is 15.3. The first kappa shape index (κ1) is 18.5. The summed E-state index contributed by atoms with van der Waals surface area (Å²) >= 11 is 0. The van der Waals surface area contributed by atoms with E-state index in [-0.39, 0.29) is 5.97 Å². The van der Waals surface area contributed by atoms with Crippen molar-refractivity contribution in [2.75, 3.05) is 18.5 Å². The van der Waals surface area contributed by atoms with Crippen molar-refractivity contribution < 1.29 is 9.53 Å². The van der Waals surface area contributed by atoms with Gasteiger partial charge in [0, 0.05) is 18.4 Å². The van der Waals surface area contributed by atoms with Crippen molar-refractivity contribution in [1.82, 2.24) is 10.3 Å². The molecule has 0 amide bonds. The maximum Gasteiger partial charge on any atom is 0.341 e. The van der Waals surface area contributed by atoms with Crippen LogP contribution in [-0.2, 0) is 11.2 Å². The van der Waals surface area contributed by atoms with Crippen molar-refractivity contribution in [1.29, 1.82) is 0 Å². The van der Waals surface area contributed by atoms with Gasteiger partial charge in [0.05, 0.1) is 6.61 Å². The lowest BCUT2D eigenvalue weighted by atomic mass is 10.0. The summed E-state index contributed by atoms with van der Waals surface area (Å²) in [5, 5.41) is 6.59. The average molecular weight is 377 g/mol. The number of hydrogen-bond donors (Lipinski definition) is 2. The first-order valence-corrected chi connectivity index (χ1v) is 10.2. The molecule has 0 saturated heterocycles. The van der Waals surface area contributed by atoms with E-state index in [0.717, 1.165) is 37.1 Å². The van der Waals surface area contributed by atoms with Crippen molar-refractivity contribution >= 4 is 23.6 Å². The SMILES string of the molecule is CCCCOC(=O)c1cc(C2CC2)cnc1Nc1ccc2c(c1)C=CNCC2. The molecule has 1 saturated carbocycles. The third-order valence-electron chi connectivity index (χ3n) is 5.24. The highest BCUT2D eigenvalue weighted by atomic mass is 16.5. The number of unbranched alkanes of at least 4 members (excludes halogenated alkanes) is 1. The number of carbonyl (C=O) groups excluding carboxylic acids is 1. The summed E-state index contributed by atoms with van der Waals surface area (Å²) in [6, 6.07) is 8.23. The van der Waals surface area contributed by atoms with Crippen LogP contribution in [0.2, 0.25) is 0 Å². The van der Waals surface area contributed by atoms with Gasteiger partial charge in [-0.2, -0.15) is 0 Å². The van der Waals surface area contributed by atoms with E-state index in [1.54, 1.807) is 0 Å². The number of aromatic nitrogens is 1.